The largest absolute Gasteiger partial charge is 0.478 e. The van der Waals surface area contributed by atoms with E-state index in [4.69, 9.17) is 0 Å². The van der Waals surface area contributed by atoms with Gasteiger partial charge in [-0.1, -0.05) is 63.2 Å². The summed E-state index contributed by atoms with van der Waals surface area (Å²) in [6, 6.07) is 14.7. The Morgan fingerprint density at radius 2 is 1.77 bits per heavy atom. The van der Waals surface area contributed by atoms with Gasteiger partial charge in [-0.3, -0.25) is 4.79 Å². The summed E-state index contributed by atoms with van der Waals surface area (Å²) >= 11 is 0. The Hall–Kier alpha value is -3.28. The lowest BCUT2D eigenvalue weighted by molar-refractivity contribution is 0.0697. The van der Waals surface area contributed by atoms with Crippen molar-refractivity contribution in [2.45, 2.75) is 52.5 Å². The summed E-state index contributed by atoms with van der Waals surface area (Å²) in [5.74, 6) is 0.333. The molecule has 1 heterocycles. The molecule has 6 heteroatoms. The van der Waals surface area contributed by atoms with E-state index < -0.39 is 5.97 Å². The van der Waals surface area contributed by atoms with Crippen LogP contribution >= 0.6 is 0 Å². The zero-order valence-corrected chi connectivity index (χ0v) is 17.6. The first-order valence-corrected chi connectivity index (χ1v) is 10.3. The van der Waals surface area contributed by atoms with Crippen LogP contribution in [0.5, 0.6) is 0 Å². The number of Topliss-reactive ketones (excluding diaryl/α,β-unsaturated/α-hetero) is 1. The summed E-state index contributed by atoms with van der Waals surface area (Å²) in [7, 11) is 0. The maximum atomic E-state index is 12.3. The van der Waals surface area contributed by atoms with Crippen LogP contribution in [0.3, 0.4) is 0 Å². The molecule has 0 aliphatic rings. The minimum Gasteiger partial charge on any atom is -0.478 e. The molecule has 30 heavy (non-hydrogen) atoms. The predicted octanol–water partition coefficient (Wildman–Crippen LogP) is 5.19. The van der Waals surface area contributed by atoms with Crippen molar-refractivity contribution < 1.29 is 14.7 Å². The van der Waals surface area contributed by atoms with Crippen LogP contribution < -0.4 is 0 Å². The van der Waals surface area contributed by atoms with E-state index in [9.17, 15) is 14.7 Å². The van der Waals surface area contributed by atoms with Crippen molar-refractivity contribution in [2.75, 3.05) is 0 Å². The van der Waals surface area contributed by atoms with Gasteiger partial charge in [-0.2, -0.15) is 0 Å². The van der Waals surface area contributed by atoms with Crippen LogP contribution in [0.2, 0.25) is 0 Å². The highest BCUT2D eigenvalue weighted by Crippen LogP contribution is 2.25. The maximum absolute atomic E-state index is 12.3. The van der Waals surface area contributed by atoms with Crippen LogP contribution in [-0.2, 0) is 6.54 Å². The minimum atomic E-state index is -0.945. The van der Waals surface area contributed by atoms with E-state index in [0.717, 1.165) is 29.8 Å². The van der Waals surface area contributed by atoms with Gasteiger partial charge in [-0.15, -0.1) is 5.10 Å². The van der Waals surface area contributed by atoms with Gasteiger partial charge in [-0.25, -0.2) is 14.5 Å². The Labute approximate surface area is 176 Å². The van der Waals surface area contributed by atoms with E-state index in [1.165, 1.54) is 0 Å². The number of carbonyl (C=O) groups excluding carboxylic acids is 1. The number of carboxylic acids is 1. The quantitative estimate of drug-likeness (QED) is 0.495. The highest BCUT2D eigenvalue weighted by molar-refractivity contribution is 5.96. The molecule has 0 saturated carbocycles. The molecule has 0 spiro atoms. The fourth-order valence-electron chi connectivity index (χ4n) is 3.36. The smallest absolute Gasteiger partial charge is 0.336 e. The summed E-state index contributed by atoms with van der Waals surface area (Å²) in [5, 5.41) is 13.9. The average Bonchev–Trinajstić information content (AvgIpc) is 3.18. The zero-order valence-electron chi connectivity index (χ0n) is 17.6. The topological polar surface area (TPSA) is 85.1 Å². The van der Waals surface area contributed by atoms with E-state index in [1.54, 1.807) is 12.1 Å². The van der Waals surface area contributed by atoms with Gasteiger partial charge >= 0.3 is 5.97 Å². The van der Waals surface area contributed by atoms with E-state index >= 15 is 0 Å². The Kier molecular flexibility index (Phi) is 6.77. The fraction of sp³-hybridized carbons (Fsp3) is 0.333. The first-order chi connectivity index (χ1) is 14.4. The van der Waals surface area contributed by atoms with Gasteiger partial charge < -0.3 is 5.11 Å². The number of carbonyl (C=O) groups is 2. The summed E-state index contributed by atoms with van der Waals surface area (Å²) in [5.41, 5.74) is 2.82. The summed E-state index contributed by atoms with van der Waals surface area (Å²) in [4.78, 5) is 28.3. The fourth-order valence-corrected chi connectivity index (χ4v) is 3.36. The molecule has 0 fully saturated rings. The molecule has 2 aromatic carbocycles. The van der Waals surface area contributed by atoms with Crippen LogP contribution in [0.4, 0.5) is 0 Å². The number of nitrogens with zero attached hydrogens (tertiary/aromatic N) is 3. The number of rotatable bonds is 9. The number of hydrogen-bond donors (Lipinski definition) is 1. The lowest BCUT2D eigenvalue weighted by atomic mass is 9.99. The first-order valence-electron chi connectivity index (χ1n) is 10.3. The van der Waals surface area contributed by atoms with Crippen molar-refractivity contribution in [3.8, 4) is 11.1 Å². The van der Waals surface area contributed by atoms with Gasteiger partial charge in [0, 0.05) is 12.3 Å². The van der Waals surface area contributed by atoms with Crippen LogP contribution in [0, 0.1) is 0 Å². The molecular weight excluding hydrogens is 378 g/mol. The molecule has 1 aromatic heterocycles. The van der Waals surface area contributed by atoms with E-state index in [2.05, 4.69) is 23.9 Å². The summed E-state index contributed by atoms with van der Waals surface area (Å²) in [6.45, 7) is 6.65. The average molecular weight is 405 g/mol. The molecule has 3 rings (SSSR count). The lowest BCUT2D eigenvalue weighted by Crippen LogP contribution is -2.09. The molecule has 0 amide bonds. The second-order valence-electron chi connectivity index (χ2n) is 7.48. The number of aromatic nitrogens is 3. The van der Waals surface area contributed by atoms with E-state index in [-0.39, 0.29) is 17.3 Å². The van der Waals surface area contributed by atoms with Crippen LogP contribution in [0.25, 0.3) is 11.1 Å². The van der Waals surface area contributed by atoms with Crippen LogP contribution in [-0.4, -0.2) is 31.6 Å². The van der Waals surface area contributed by atoms with E-state index in [0.29, 0.717) is 24.4 Å². The Morgan fingerprint density at radius 3 is 2.40 bits per heavy atom. The van der Waals surface area contributed by atoms with Crippen molar-refractivity contribution in [3.63, 3.8) is 0 Å². The molecule has 0 aliphatic heterocycles. The minimum absolute atomic E-state index is 0.0265. The number of ketones is 1. The van der Waals surface area contributed by atoms with Gasteiger partial charge in [0.2, 0.25) is 11.6 Å². The molecule has 156 valence electrons. The van der Waals surface area contributed by atoms with Crippen molar-refractivity contribution in [1.82, 2.24) is 14.8 Å². The molecule has 0 aliphatic carbocycles. The standard InChI is InChI=1S/C24H27N3O3/c1-4-8-21(28)22-25-23(16(3)5-2)27(26-22)15-17-11-13-18(14-12-17)19-9-6-7-10-20(19)24(29)30/h6-7,9-14,16H,4-5,8,15H2,1-3H3,(H,29,30). The van der Waals surface area contributed by atoms with Crippen LogP contribution in [0.15, 0.2) is 48.5 Å². The zero-order chi connectivity index (χ0) is 21.7. The Morgan fingerprint density at radius 1 is 1.07 bits per heavy atom. The van der Waals surface area contributed by atoms with Gasteiger partial charge in [-0.05, 0) is 35.6 Å². The molecule has 0 saturated heterocycles. The van der Waals surface area contributed by atoms with Crippen molar-refractivity contribution in [1.29, 1.82) is 0 Å². The highest BCUT2D eigenvalue weighted by Gasteiger charge is 2.19. The van der Waals surface area contributed by atoms with Gasteiger partial charge in [0.15, 0.2) is 0 Å². The van der Waals surface area contributed by atoms with Crippen molar-refractivity contribution in [3.05, 3.63) is 71.3 Å². The number of carboxylic acid groups (broad SMARTS) is 1. The van der Waals surface area contributed by atoms with Gasteiger partial charge in [0.05, 0.1) is 12.1 Å². The number of hydrogen-bond acceptors (Lipinski definition) is 4. The maximum Gasteiger partial charge on any atom is 0.336 e. The molecule has 0 radical (unpaired) electrons. The highest BCUT2D eigenvalue weighted by atomic mass is 16.4. The Bertz CT molecular complexity index is 1040. The molecule has 6 nitrogen and oxygen atoms in total. The molecule has 0 bridgehead atoms. The lowest BCUT2D eigenvalue weighted by Gasteiger charge is -2.11. The monoisotopic (exact) mass is 405 g/mol. The SMILES string of the molecule is CCCC(=O)c1nc(C(C)CC)n(Cc2ccc(-c3ccccc3C(=O)O)cc2)n1. The molecule has 1 atom stereocenters. The second-order valence-corrected chi connectivity index (χ2v) is 7.48. The molecular formula is C24H27N3O3. The second kappa shape index (κ2) is 9.48. The van der Waals surface area contributed by atoms with Gasteiger partial charge in [0.25, 0.3) is 0 Å². The summed E-state index contributed by atoms with van der Waals surface area (Å²) < 4.78 is 1.82. The Balaban J connectivity index is 1.88. The van der Waals surface area contributed by atoms with Crippen molar-refractivity contribution >= 4 is 11.8 Å². The third-order valence-electron chi connectivity index (χ3n) is 5.23. The van der Waals surface area contributed by atoms with Crippen LogP contribution in [0.1, 0.15) is 78.3 Å². The molecule has 1 N–H and O–H groups in total. The van der Waals surface area contributed by atoms with Crippen molar-refractivity contribution in [2.24, 2.45) is 0 Å². The van der Waals surface area contributed by atoms with Gasteiger partial charge in [0.1, 0.15) is 5.82 Å². The third-order valence-corrected chi connectivity index (χ3v) is 5.23. The third kappa shape index (κ3) is 4.64. The summed E-state index contributed by atoms with van der Waals surface area (Å²) in [6.07, 6.45) is 2.12. The van der Waals surface area contributed by atoms with E-state index in [1.807, 2.05) is 48.0 Å². The first kappa shape index (κ1) is 21.4. The molecule has 3 aromatic rings. The normalized spacial score (nSPS) is 12.0. The predicted molar refractivity (Wildman–Crippen MR) is 116 cm³/mol. The number of benzene rings is 2. The molecule has 1 unspecified atom stereocenters. The number of aromatic carboxylic acids is 1.